The van der Waals surface area contributed by atoms with Crippen LogP contribution in [-0.4, -0.2) is 40.2 Å². The maximum absolute atomic E-state index is 13.0. The minimum atomic E-state index is 0. The van der Waals surface area contributed by atoms with E-state index in [1.807, 2.05) is 53.0 Å². The number of hydrogen-bond donors (Lipinski definition) is 1. The predicted octanol–water partition coefficient (Wildman–Crippen LogP) is 4.37. The van der Waals surface area contributed by atoms with E-state index in [0.29, 0.717) is 12.6 Å². The third-order valence-electron chi connectivity index (χ3n) is 5.32. The van der Waals surface area contributed by atoms with Crippen molar-refractivity contribution in [1.29, 1.82) is 0 Å². The Labute approximate surface area is 182 Å². The van der Waals surface area contributed by atoms with Gasteiger partial charge in [-0.15, -0.1) is 23.7 Å². The van der Waals surface area contributed by atoms with E-state index in [1.165, 1.54) is 0 Å². The molecule has 1 amide bonds. The van der Waals surface area contributed by atoms with Crippen molar-refractivity contribution < 1.29 is 4.79 Å². The summed E-state index contributed by atoms with van der Waals surface area (Å²) >= 11 is 1.68. The van der Waals surface area contributed by atoms with Crippen LogP contribution in [0.5, 0.6) is 0 Å². The molecule has 1 N–H and O–H groups in total. The van der Waals surface area contributed by atoms with E-state index in [9.17, 15) is 4.79 Å². The van der Waals surface area contributed by atoms with E-state index >= 15 is 0 Å². The molecule has 4 rings (SSSR count). The number of nitrogens with one attached hydrogen (secondary N) is 1. The average Bonchev–Trinajstić information content (AvgIpc) is 3.38. The number of carbonyl (C=O) groups excluding carboxylic acids is 1. The lowest BCUT2D eigenvalue weighted by Crippen LogP contribution is -2.42. The van der Waals surface area contributed by atoms with Gasteiger partial charge in [-0.05, 0) is 49.9 Å². The van der Waals surface area contributed by atoms with Crippen LogP contribution in [0, 0.1) is 5.92 Å². The Morgan fingerprint density at radius 1 is 1.28 bits per heavy atom. The summed E-state index contributed by atoms with van der Waals surface area (Å²) in [5.74, 6) is 0.341. The lowest BCUT2D eigenvalue weighted by molar-refractivity contribution is -0.135. The largest absolute Gasteiger partial charge is 0.341 e. The van der Waals surface area contributed by atoms with Gasteiger partial charge in [0.05, 0.1) is 10.6 Å². The van der Waals surface area contributed by atoms with E-state index in [2.05, 4.69) is 29.9 Å². The van der Waals surface area contributed by atoms with Gasteiger partial charge >= 0.3 is 0 Å². The minimum absolute atomic E-state index is 0. The van der Waals surface area contributed by atoms with Crippen LogP contribution >= 0.6 is 23.7 Å². The standard InChI is InChI=1S/C22H26N4OS.ClH/c1-16-13-17(10-11-23-16)22(27)25(2)14-18-15-26(19-7-4-3-5-8-19)24-21(18)20-9-6-12-28-20;/h3-9,12,15-17,23H,10-11,13-14H2,1-2H3;1H/t16-,17-;/m0./s1. The highest BCUT2D eigenvalue weighted by Gasteiger charge is 2.28. The SMILES string of the molecule is C[C@H]1C[C@@H](C(=O)N(C)Cc2cn(-c3ccccc3)nc2-c2cccs2)CCN1.Cl. The van der Waals surface area contributed by atoms with Crippen molar-refractivity contribution in [3.05, 3.63) is 59.6 Å². The van der Waals surface area contributed by atoms with Crippen molar-refractivity contribution >= 4 is 29.7 Å². The van der Waals surface area contributed by atoms with Crippen molar-refractivity contribution in [2.45, 2.75) is 32.4 Å². The molecule has 2 atom stereocenters. The Morgan fingerprint density at radius 2 is 2.07 bits per heavy atom. The Balaban J connectivity index is 0.00000240. The molecule has 0 spiro atoms. The molecule has 0 saturated carbocycles. The molecule has 0 bridgehead atoms. The number of thiophene rings is 1. The highest BCUT2D eigenvalue weighted by atomic mass is 35.5. The zero-order chi connectivity index (χ0) is 19.5. The average molecular weight is 431 g/mol. The van der Waals surface area contributed by atoms with Gasteiger partial charge in [0.25, 0.3) is 0 Å². The molecule has 1 fully saturated rings. The van der Waals surface area contributed by atoms with Crippen molar-refractivity contribution in [3.63, 3.8) is 0 Å². The van der Waals surface area contributed by atoms with Crippen molar-refractivity contribution in [3.8, 4) is 16.3 Å². The molecule has 3 heterocycles. The van der Waals surface area contributed by atoms with Crippen LogP contribution in [0.1, 0.15) is 25.3 Å². The summed E-state index contributed by atoms with van der Waals surface area (Å²) < 4.78 is 1.91. The summed E-state index contributed by atoms with van der Waals surface area (Å²) in [6, 6.07) is 14.6. The number of nitrogens with zero attached hydrogens (tertiary/aromatic N) is 3. The first-order valence-electron chi connectivity index (χ1n) is 9.78. The van der Waals surface area contributed by atoms with Gasteiger partial charge in [-0.25, -0.2) is 4.68 Å². The first-order valence-corrected chi connectivity index (χ1v) is 10.7. The van der Waals surface area contributed by atoms with Gasteiger partial charge in [-0.2, -0.15) is 5.10 Å². The van der Waals surface area contributed by atoms with Crippen LogP contribution in [0.2, 0.25) is 0 Å². The smallest absolute Gasteiger partial charge is 0.225 e. The predicted molar refractivity (Wildman–Crippen MR) is 121 cm³/mol. The third kappa shape index (κ3) is 4.89. The third-order valence-corrected chi connectivity index (χ3v) is 6.20. The fourth-order valence-corrected chi connectivity index (χ4v) is 4.60. The van der Waals surface area contributed by atoms with Crippen LogP contribution in [0.25, 0.3) is 16.3 Å². The molecule has 0 radical (unpaired) electrons. The van der Waals surface area contributed by atoms with E-state index < -0.39 is 0 Å². The molecule has 154 valence electrons. The fraction of sp³-hybridized carbons (Fsp3) is 0.364. The number of amides is 1. The van der Waals surface area contributed by atoms with Gasteiger partial charge < -0.3 is 10.2 Å². The zero-order valence-corrected chi connectivity index (χ0v) is 18.4. The molecule has 1 aromatic carbocycles. The number of para-hydroxylation sites is 1. The first-order chi connectivity index (χ1) is 13.6. The molecule has 3 aromatic rings. The lowest BCUT2D eigenvalue weighted by Gasteiger charge is -2.30. The molecule has 7 heteroatoms. The first kappa shape index (κ1) is 21.6. The summed E-state index contributed by atoms with van der Waals surface area (Å²) in [6.45, 7) is 3.63. The number of benzene rings is 1. The monoisotopic (exact) mass is 430 g/mol. The van der Waals surface area contributed by atoms with Gasteiger partial charge in [-0.3, -0.25) is 4.79 Å². The normalized spacial score (nSPS) is 18.8. The van der Waals surface area contributed by atoms with Crippen molar-refractivity contribution in [1.82, 2.24) is 20.0 Å². The van der Waals surface area contributed by atoms with E-state index in [0.717, 1.165) is 41.2 Å². The minimum Gasteiger partial charge on any atom is -0.341 e. The van der Waals surface area contributed by atoms with Crippen LogP contribution in [-0.2, 0) is 11.3 Å². The maximum Gasteiger partial charge on any atom is 0.225 e. The molecule has 1 aliphatic heterocycles. The Morgan fingerprint density at radius 3 is 2.76 bits per heavy atom. The van der Waals surface area contributed by atoms with Crippen LogP contribution < -0.4 is 5.32 Å². The molecule has 0 aliphatic carbocycles. The summed E-state index contributed by atoms with van der Waals surface area (Å²) in [4.78, 5) is 16.0. The summed E-state index contributed by atoms with van der Waals surface area (Å²) in [5.41, 5.74) is 3.05. The number of aromatic nitrogens is 2. The van der Waals surface area contributed by atoms with Crippen LogP contribution in [0.3, 0.4) is 0 Å². The molecule has 1 saturated heterocycles. The van der Waals surface area contributed by atoms with Gasteiger partial charge in [-0.1, -0.05) is 24.3 Å². The summed E-state index contributed by atoms with van der Waals surface area (Å²) in [5, 5.41) is 10.3. The second-order valence-corrected chi connectivity index (χ2v) is 8.48. The molecule has 5 nitrogen and oxygen atoms in total. The van der Waals surface area contributed by atoms with Crippen molar-refractivity contribution in [2.75, 3.05) is 13.6 Å². The molecule has 1 aliphatic rings. The van der Waals surface area contributed by atoms with Crippen LogP contribution in [0.4, 0.5) is 0 Å². The number of piperidine rings is 1. The van der Waals surface area contributed by atoms with E-state index in [1.54, 1.807) is 11.3 Å². The second-order valence-electron chi connectivity index (χ2n) is 7.53. The Hall–Kier alpha value is -2.15. The Bertz CT molecular complexity index is 926. The number of rotatable bonds is 5. The summed E-state index contributed by atoms with van der Waals surface area (Å²) in [6.07, 6.45) is 3.87. The number of hydrogen-bond acceptors (Lipinski definition) is 4. The van der Waals surface area contributed by atoms with E-state index in [4.69, 9.17) is 5.10 Å². The van der Waals surface area contributed by atoms with Crippen LogP contribution in [0.15, 0.2) is 54.0 Å². The van der Waals surface area contributed by atoms with Gasteiger partial charge in [0, 0.05) is 37.3 Å². The number of halogens is 1. The fourth-order valence-electron chi connectivity index (χ4n) is 3.86. The van der Waals surface area contributed by atoms with Gasteiger partial charge in [0.15, 0.2) is 0 Å². The Kier molecular flexibility index (Phi) is 7.11. The van der Waals surface area contributed by atoms with Gasteiger partial charge in [0.1, 0.15) is 5.69 Å². The lowest BCUT2D eigenvalue weighted by atomic mass is 9.92. The topological polar surface area (TPSA) is 50.2 Å². The highest BCUT2D eigenvalue weighted by Crippen LogP contribution is 2.29. The van der Waals surface area contributed by atoms with E-state index in [-0.39, 0.29) is 24.2 Å². The zero-order valence-electron chi connectivity index (χ0n) is 16.7. The highest BCUT2D eigenvalue weighted by molar-refractivity contribution is 7.13. The van der Waals surface area contributed by atoms with Gasteiger partial charge in [0.2, 0.25) is 5.91 Å². The quantitative estimate of drug-likeness (QED) is 0.653. The molecule has 2 aromatic heterocycles. The second kappa shape index (κ2) is 9.57. The molecular formula is C22H27ClN4OS. The summed E-state index contributed by atoms with van der Waals surface area (Å²) in [7, 11) is 1.91. The molecule has 0 unspecified atom stereocenters. The molecule has 29 heavy (non-hydrogen) atoms. The number of carbonyl (C=O) groups is 1. The molecular weight excluding hydrogens is 404 g/mol. The maximum atomic E-state index is 13.0. The van der Waals surface area contributed by atoms with Crippen molar-refractivity contribution in [2.24, 2.45) is 5.92 Å².